The van der Waals surface area contributed by atoms with Crippen molar-refractivity contribution in [1.29, 1.82) is 0 Å². The van der Waals surface area contributed by atoms with E-state index in [1.54, 1.807) is 0 Å². The number of carbonyl (C=O) groups is 4. The van der Waals surface area contributed by atoms with E-state index in [0.717, 1.165) is 27.8 Å². The van der Waals surface area contributed by atoms with Crippen molar-refractivity contribution in [3.8, 4) is 0 Å². The fourth-order valence-corrected chi connectivity index (χ4v) is 2.53. The highest BCUT2D eigenvalue weighted by atomic mass is 16.5. The second kappa shape index (κ2) is 9.21. The Labute approximate surface area is 139 Å². The van der Waals surface area contributed by atoms with Crippen molar-refractivity contribution in [3.05, 3.63) is 0 Å². The number of esters is 3. The van der Waals surface area contributed by atoms with Crippen molar-refractivity contribution in [2.75, 3.05) is 27.9 Å². The van der Waals surface area contributed by atoms with E-state index >= 15 is 0 Å². The number of hydrogen-bond acceptors (Lipinski definition) is 8. The molecule has 9 heteroatoms. The number of carbonyl (C=O) groups excluding carboxylic acids is 4. The van der Waals surface area contributed by atoms with Gasteiger partial charge in [0.05, 0.1) is 21.3 Å². The van der Waals surface area contributed by atoms with Gasteiger partial charge in [-0.1, -0.05) is 6.92 Å². The standard InChI is InChI=1S/C15H23NO8/c1-8(10(13(18)21-2)14(19)22-3)11(15(20)23-4)16-12(17)9-6-5-7-24-9/h8-11H,5-7H2,1-4H3,(H,16,17)/t8-,9-,11+/m1/s1. The first kappa shape index (κ1) is 19.9. The van der Waals surface area contributed by atoms with E-state index in [9.17, 15) is 19.2 Å². The van der Waals surface area contributed by atoms with Gasteiger partial charge >= 0.3 is 17.9 Å². The molecule has 0 spiro atoms. The first-order valence-corrected chi connectivity index (χ1v) is 7.52. The van der Waals surface area contributed by atoms with Gasteiger partial charge < -0.3 is 24.3 Å². The van der Waals surface area contributed by atoms with Crippen LogP contribution in [0.4, 0.5) is 0 Å². The normalized spacial score (nSPS) is 19.3. The van der Waals surface area contributed by atoms with E-state index in [-0.39, 0.29) is 0 Å². The predicted octanol–water partition coefficient (Wildman–Crippen LogP) is -0.578. The average molecular weight is 345 g/mol. The Balaban J connectivity index is 2.98. The third-order valence-corrected chi connectivity index (χ3v) is 3.94. The zero-order valence-corrected chi connectivity index (χ0v) is 14.2. The first-order valence-electron chi connectivity index (χ1n) is 7.52. The number of rotatable bonds is 7. The van der Waals surface area contributed by atoms with Gasteiger partial charge in [0.15, 0.2) is 5.92 Å². The van der Waals surface area contributed by atoms with Gasteiger partial charge in [0.25, 0.3) is 0 Å². The Morgan fingerprint density at radius 1 is 1.00 bits per heavy atom. The van der Waals surface area contributed by atoms with Crippen LogP contribution >= 0.6 is 0 Å². The van der Waals surface area contributed by atoms with Gasteiger partial charge in [0, 0.05) is 12.5 Å². The lowest BCUT2D eigenvalue weighted by Gasteiger charge is -2.27. The van der Waals surface area contributed by atoms with E-state index in [4.69, 9.17) is 4.74 Å². The molecule has 3 atom stereocenters. The van der Waals surface area contributed by atoms with Crippen LogP contribution in [0.5, 0.6) is 0 Å². The van der Waals surface area contributed by atoms with Crippen LogP contribution in [0.25, 0.3) is 0 Å². The second-order valence-corrected chi connectivity index (χ2v) is 5.39. The summed E-state index contributed by atoms with van der Waals surface area (Å²) in [5.74, 6) is -5.34. The van der Waals surface area contributed by atoms with Crippen LogP contribution in [0.1, 0.15) is 19.8 Å². The van der Waals surface area contributed by atoms with E-state index in [2.05, 4.69) is 19.5 Å². The second-order valence-electron chi connectivity index (χ2n) is 5.39. The minimum atomic E-state index is -1.38. The maximum Gasteiger partial charge on any atom is 0.328 e. The largest absolute Gasteiger partial charge is 0.468 e. The topological polar surface area (TPSA) is 117 Å². The maximum absolute atomic E-state index is 12.2. The predicted molar refractivity (Wildman–Crippen MR) is 79.6 cm³/mol. The molecule has 0 aliphatic carbocycles. The summed E-state index contributed by atoms with van der Waals surface area (Å²) in [6.07, 6.45) is 0.605. The monoisotopic (exact) mass is 345 g/mol. The molecular formula is C15H23NO8. The molecule has 1 heterocycles. The van der Waals surface area contributed by atoms with Crippen molar-refractivity contribution < 1.29 is 38.1 Å². The highest BCUT2D eigenvalue weighted by Gasteiger charge is 2.43. The zero-order valence-electron chi connectivity index (χ0n) is 14.2. The molecule has 1 amide bonds. The lowest BCUT2D eigenvalue weighted by Crippen LogP contribution is -2.53. The van der Waals surface area contributed by atoms with Gasteiger partial charge in [-0.25, -0.2) is 4.79 Å². The summed E-state index contributed by atoms with van der Waals surface area (Å²) in [6.45, 7) is 1.92. The average Bonchev–Trinajstić information content (AvgIpc) is 3.12. The lowest BCUT2D eigenvalue weighted by atomic mass is 9.87. The SMILES string of the molecule is COC(=O)C(C(=O)OC)[C@@H](C)[C@H](NC(=O)[C@H]1CCCO1)C(=O)OC. The number of amides is 1. The van der Waals surface area contributed by atoms with Crippen molar-refractivity contribution in [3.63, 3.8) is 0 Å². The molecule has 0 aromatic heterocycles. The summed E-state index contributed by atoms with van der Waals surface area (Å²) >= 11 is 0. The van der Waals surface area contributed by atoms with E-state index in [0.29, 0.717) is 13.0 Å². The first-order chi connectivity index (χ1) is 11.4. The Bertz CT molecular complexity index is 470. The molecule has 1 rings (SSSR count). The van der Waals surface area contributed by atoms with Crippen LogP contribution < -0.4 is 5.32 Å². The van der Waals surface area contributed by atoms with Crippen LogP contribution in [0.3, 0.4) is 0 Å². The Morgan fingerprint density at radius 3 is 1.96 bits per heavy atom. The van der Waals surface area contributed by atoms with Crippen LogP contribution in [0, 0.1) is 11.8 Å². The number of hydrogen-bond donors (Lipinski definition) is 1. The van der Waals surface area contributed by atoms with Gasteiger partial charge in [-0.15, -0.1) is 0 Å². The van der Waals surface area contributed by atoms with Gasteiger partial charge in [-0.3, -0.25) is 14.4 Å². The van der Waals surface area contributed by atoms with E-state index in [1.807, 2.05) is 0 Å². The van der Waals surface area contributed by atoms with Crippen LogP contribution in [-0.4, -0.2) is 63.9 Å². The molecule has 1 saturated heterocycles. The van der Waals surface area contributed by atoms with Gasteiger partial charge in [0.2, 0.25) is 5.91 Å². The molecule has 1 fully saturated rings. The van der Waals surface area contributed by atoms with Gasteiger partial charge in [-0.05, 0) is 12.8 Å². The molecule has 0 radical (unpaired) electrons. The smallest absolute Gasteiger partial charge is 0.328 e. The molecule has 0 unspecified atom stereocenters. The maximum atomic E-state index is 12.2. The summed E-state index contributed by atoms with van der Waals surface area (Å²) in [5.41, 5.74) is 0. The van der Waals surface area contributed by atoms with Crippen molar-refractivity contribution in [1.82, 2.24) is 5.32 Å². The molecule has 9 nitrogen and oxygen atoms in total. The van der Waals surface area contributed by atoms with Crippen molar-refractivity contribution >= 4 is 23.8 Å². The minimum absolute atomic E-state index is 0.462. The lowest BCUT2D eigenvalue weighted by molar-refractivity contribution is -0.163. The van der Waals surface area contributed by atoms with E-state index in [1.165, 1.54) is 6.92 Å². The highest BCUT2D eigenvalue weighted by molar-refractivity contribution is 5.96. The highest BCUT2D eigenvalue weighted by Crippen LogP contribution is 2.21. The third-order valence-electron chi connectivity index (χ3n) is 3.94. The van der Waals surface area contributed by atoms with Crippen LogP contribution in [0.2, 0.25) is 0 Å². The minimum Gasteiger partial charge on any atom is -0.468 e. The zero-order chi connectivity index (χ0) is 18.3. The summed E-state index contributed by atoms with van der Waals surface area (Å²) in [4.78, 5) is 48.1. The molecule has 0 aromatic carbocycles. The molecule has 0 aromatic rings. The Hall–Kier alpha value is -2.16. The fourth-order valence-electron chi connectivity index (χ4n) is 2.53. The summed E-state index contributed by atoms with van der Waals surface area (Å²) in [6, 6.07) is -1.23. The molecular weight excluding hydrogens is 322 g/mol. The summed E-state index contributed by atoms with van der Waals surface area (Å²) in [7, 11) is 3.37. The third kappa shape index (κ3) is 4.67. The molecule has 0 saturated carbocycles. The summed E-state index contributed by atoms with van der Waals surface area (Å²) in [5, 5.41) is 2.49. The fraction of sp³-hybridized carbons (Fsp3) is 0.733. The molecule has 136 valence electrons. The molecule has 1 N–H and O–H groups in total. The number of ether oxygens (including phenoxy) is 4. The molecule has 1 aliphatic heterocycles. The Morgan fingerprint density at radius 2 is 1.54 bits per heavy atom. The van der Waals surface area contributed by atoms with Crippen molar-refractivity contribution in [2.45, 2.75) is 31.9 Å². The Kier molecular flexibility index (Phi) is 7.63. The number of methoxy groups -OCH3 is 3. The van der Waals surface area contributed by atoms with Crippen LogP contribution in [-0.2, 0) is 38.1 Å². The quantitative estimate of drug-likeness (QED) is 0.370. The molecule has 24 heavy (non-hydrogen) atoms. The van der Waals surface area contributed by atoms with Gasteiger partial charge in [0.1, 0.15) is 12.1 Å². The molecule has 1 aliphatic rings. The van der Waals surface area contributed by atoms with Crippen LogP contribution in [0.15, 0.2) is 0 Å². The van der Waals surface area contributed by atoms with E-state index < -0.39 is 47.8 Å². The number of nitrogens with one attached hydrogen (secondary N) is 1. The summed E-state index contributed by atoms with van der Waals surface area (Å²) < 4.78 is 19.1. The molecule has 0 bridgehead atoms. The van der Waals surface area contributed by atoms with Gasteiger partial charge in [-0.2, -0.15) is 0 Å². The van der Waals surface area contributed by atoms with Crippen molar-refractivity contribution in [2.24, 2.45) is 11.8 Å².